The maximum atomic E-state index is 12.5. The van der Waals surface area contributed by atoms with E-state index in [2.05, 4.69) is 19.9 Å². The van der Waals surface area contributed by atoms with E-state index in [4.69, 9.17) is 0 Å². The number of aromatic amines is 1. The fourth-order valence-corrected chi connectivity index (χ4v) is 2.76. The van der Waals surface area contributed by atoms with Crippen LogP contribution in [0.2, 0.25) is 0 Å². The molecule has 5 heteroatoms. The van der Waals surface area contributed by atoms with E-state index in [0.717, 1.165) is 42.8 Å². The number of aromatic nitrogens is 3. The molecule has 0 radical (unpaired) electrons. The van der Waals surface area contributed by atoms with Crippen LogP contribution in [0.3, 0.4) is 0 Å². The number of anilines is 1. The fraction of sp³-hybridized carbons (Fsp3) is 0.538. The standard InChI is InChI=1S/C13H17FN4/c14-5-3-10-2-1-7-18(8-10)13-11-4-6-15-12(11)16-9-17-13/h4,6,9-10H,1-3,5,7-8H2,(H,15,16,17). The first-order chi connectivity index (χ1) is 8.88. The summed E-state index contributed by atoms with van der Waals surface area (Å²) in [5.41, 5.74) is 0.868. The molecule has 1 unspecified atom stereocenters. The number of nitrogens with one attached hydrogen (secondary N) is 1. The molecule has 1 aliphatic heterocycles. The molecule has 1 fully saturated rings. The molecular weight excluding hydrogens is 231 g/mol. The van der Waals surface area contributed by atoms with E-state index in [0.29, 0.717) is 12.3 Å². The third-order valence-corrected chi connectivity index (χ3v) is 3.67. The largest absolute Gasteiger partial charge is 0.356 e. The maximum Gasteiger partial charge on any atom is 0.142 e. The van der Waals surface area contributed by atoms with Crippen molar-refractivity contribution >= 4 is 16.9 Å². The summed E-state index contributed by atoms with van der Waals surface area (Å²) in [7, 11) is 0. The van der Waals surface area contributed by atoms with Gasteiger partial charge in [0.05, 0.1) is 12.1 Å². The van der Waals surface area contributed by atoms with Gasteiger partial charge in [-0.25, -0.2) is 9.97 Å². The van der Waals surface area contributed by atoms with Crippen LogP contribution in [0.5, 0.6) is 0 Å². The Bertz CT molecular complexity index is 522. The van der Waals surface area contributed by atoms with E-state index in [1.54, 1.807) is 6.33 Å². The van der Waals surface area contributed by atoms with Gasteiger partial charge in [-0.1, -0.05) is 0 Å². The van der Waals surface area contributed by atoms with Crippen LogP contribution in [0.15, 0.2) is 18.6 Å². The van der Waals surface area contributed by atoms with Gasteiger partial charge in [0.1, 0.15) is 17.8 Å². The van der Waals surface area contributed by atoms with Crippen molar-refractivity contribution in [1.29, 1.82) is 0 Å². The van der Waals surface area contributed by atoms with Gasteiger partial charge in [-0.05, 0) is 31.2 Å². The van der Waals surface area contributed by atoms with Crippen LogP contribution in [0.25, 0.3) is 11.0 Å². The van der Waals surface area contributed by atoms with Crippen molar-refractivity contribution in [1.82, 2.24) is 15.0 Å². The molecule has 3 rings (SSSR count). The molecule has 1 N–H and O–H groups in total. The van der Waals surface area contributed by atoms with E-state index < -0.39 is 0 Å². The molecule has 96 valence electrons. The van der Waals surface area contributed by atoms with Gasteiger partial charge in [0, 0.05) is 19.3 Å². The van der Waals surface area contributed by atoms with E-state index >= 15 is 0 Å². The Kier molecular flexibility index (Phi) is 3.13. The third kappa shape index (κ3) is 2.05. The maximum absolute atomic E-state index is 12.5. The summed E-state index contributed by atoms with van der Waals surface area (Å²) in [6.45, 7) is 1.68. The lowest BCUT2D eigenvalue weighted by Gasteiger charge is -2.33. The fourth-order valence-electron chi connectivity index (χ4n) is 2.76. The molecule has 3 heterocycles. The lowest BCUT2D eigenvalue weighted by molar-refractivity contribution is 0.340. The van der Waals surface area contributed by atoms with Gasteiger partial charge < -0.3 is 9.88 Å². The lowest BCUT2D eigenvalue weighted by atomic mass is 9.95. The monoisotopic (exact) mass is 248 g/mol. The molecule has 1 atom stereocenters. The number of halogens is 1. The zero-order valence-electron chi connectivity index (χ0n) is 10.3. The minimum atomic E-state index is -0.220. The number of hydrogen-bond acceptors (Lipinski definition) is 3. The van der Waals surface area contributed by atoms with Crippen molar-refractivity contribution in [2.45, 2.75) is 19.3 Å². The quantitative estimate of drug-likeness (QED) is 0.907. The number of piperidine rings is 1. The highest BCUT2D eigenvalue weighted by molar-refractivity contribution is 5.87. The molecule has 0 spiro atoms. The second kappa shape index (κ2) is 4.92. The van der Waals surface area contributed by atoms with E-state index in [9.17, 15) is 4.39 Å². The smallest absolute Gasteiger partial charge is 0.142 e. The summed E-state index contributed by atoms with van der Waals surface area (Å²) in [4.78, 5) is 14.0. The summed E-state index contributed by atoms with van der Waals surface area (Å²) >= 11 is 0. The second-order valence-electron chi connectivity index (χ2n) is 4.87. The zero-order valence-corrected chi connectivity index (χ0v) is 10.3. The summed E-state index contributed by atoms with van der Waals surface area (Å²) in [5.74, 6) is 1.43. The first kappa shape index (κ1) is 11.4. The Hall–Kier alpha value is -1.65. The number of nitrogens with zero attached hydrogens (tertiary/aromatic N) is 3. The van der Waals surface area contributed by atoms with Crippen LogP contribution in [-0.4, -0.2) is 34.7 Å². The van der Waals surface area contributed by atoms with E-state index in [1.807, 2.05) is 12.3 Å². The number of hydrogen-bond donors (Lipinski definition) is 1. The highest BCUT2D eigenvalue weighted by Gasteiger charge is 2.22. The van der Waals surface area contributed by atoms with Gasteiger partial charge in [0.2, 0.25) is 0 Å². The molecule has 0 saturated carbocycles. The van der Waals surface area contributed by atoms with Crippen LogP contribution in [-0.2, 0) is 0 Å². The average molecular weight is 248 g/mol. The van der Waals surface area contributed by atoms with Gasteiger partial charge in [-0.2, -0.15) is 0 Å². The Labute approximate surface area is 105 Å². The number of fused-ring (bicyclic) bond motifs is 1. The van der Waals surface area contributed by atoms with Crippen molar-refractivity contribution in [3.63, 3.8) is 0 Å². The minimum absolute atomic E-state index is 0.220. The zero-order chi connectivity index (χ0) is 12.4. The summed E-state index contributed by atoms with van der Waals surface area (Å²) < 4.78 is 12.5. The molecule has 1 aliphatic rings. The topological polar surface area (TPSA) is 44.8 Å². The predicted octanol–water partition coefficient (Wildman–Crippen LogP) is 2.53. The predicted molar refractivity (Wildman–Crippen MR) is 69.4 cm³/mol. The molecule has 0 bridgehead atoms. The van der Waals surface area contributed by atoms with Crippen molar-refractivity contribution < 1.29 is 4.39 Å². The molecule has 0 aliphatic carbocycles. The number of rotatable bonds is 3. The Morgan fingerprint density at radius 3 is 3.28 bits per heavy atom. The van der Waals surface area contributed by atoms with Crippen LogP contribution < -0.4 is 4.90 Å². The van der Waals surface area contributed by atoms with Gasteiger partial charge in [0.25, 0.3) is 0 Å². The highest BCUT2D eigenvalue weighted by Crippen LogP contribution is 2.28. The molecule has 2 aromatic heterocycles. The van der Waals surface area contributed by atoms with Crippen molar-refractivity contribution in [3.05, 3.63) is 18.6 Å². The molecule has 0 amide bonds. The normalized spacial score (nSPS) is 20.5. The molecular formula is C13H17FN4. The summed E-state index contributed by atoms with van der Waals surface area (Å²) in [5, 5.41) is 1.05. The average Bonchev–Trinajstić information content (AvgIpc) is 2.87. The van der Waals surface area contributed by atoms with Crippen LogP contribution >= 0.6 is 0 Å². The number of H-pyrrole nitrogens is 1. The van der Waals surface area contributed by atoms with Crippen LogP contribution in [0, 0.1) is 5.92 Å². The first-order valence-corrected chi connectivity index (χ1v) is 6.47. The Morgan fingerprint density at radius 1 is 1.44 bits per heavy atom. The van der Waals surface area contributed by atoms with E-state index in [1.165, 1.54) is 0 Å². The molecule has 18 heavy (non-hydrogen) atoms. The molecule has 4 nitrogen and oxygen atoms in total. The first-order valence-electron chi connectivity index (χ1n) is 6.47. The van der Waals surface area contributed by atoms with E-state index in [-0.39, 0.29) is 6.67 Å². The number of alkyl halides is 1. The Morgan fingerprint density at radius 2 is 2.39 bits per heavy atom. The van der Waals surface area contributed by atoms with Crippen LogP contribution in [0.1, 0.15) is 19.3 Å². The Balaban J connectivity index is 1.87. The molecule has 0 aromatic carbocycles. The lowest BCUT2D eigenvalue weighted by Crippen LogP contribution is -2.36. The summed E-state index contributed by atoms with van der Waals surface area (Å²) in [6.07, 6.45) is 6.37. The third-order valence-electron chi connectivity index (χ3n) is 3.67. The van der Waals surface area contributed by atoms with Crippen molar-refractivity contribution in [2.24, 2.45) is 5.92 Å². The summed E-state index contributed by atoms with van der Waals surface area (Å²) in [6, 6.07) is 2.00. The van der Waals surface area contributed by atoms with Gasteiger partial charge in [-0.3, -0.25) is 4.39 Å². The highest BCUT2D eigenvalue weighted by atomic mass is 19.1. The van der Waals surface area contributed by atoms with Gasteiger partial charge >= 0.3 is 0 Å². The van der Waals surface area contributed by atoms with Crippen LogP contribution in [0.4, 0.5) is 10.2 Å². The van der Waals surface area contributed by atoms with Gasteiger partial charge in [0.15, 0.2) is 0 Å². The molecule has 2 aromatic rings. The minimum Gasteiger partial charge on any atom is -0.356 e. The second-order valence-corrected chi connectivity index (χ2v) is 4.87. The van der Waals surface area contributed by atoms with Crippen molar-refractivity contribution in [2.75, 3.05) is 24.7 Å². The van der Waals surface area contributed by atoms with Gasteiger partial charge in [-0.15, -0.1) is 0 Å². The SMILES string of the molecule is FCCC1CCCN(c2ncnc3[nH]ccc23)C1. The molecule has 1 saturated heterocycles. The van der Waals surface area contributed by atoms with Crippen molar-refractivity contribution in [3.8, 4) is 0 Å².